The van der Waals surface area contributed by atoms with Crippen molar-refractivity contribution < 1.29 is 0 Å². The molecule has 1 N–H and O–H groups in total. The molecule has 0 bridgehead atoms. The average Bonchev–Trinajstić information content (AvgIpc) is 2.89. The first kappa shape index (κ1) is 33.1. The zero-order valence-corrected chi connectivity index (χ0v) is 18.0. The fraction of sp³-hybridized carbons (Fsp3) is 0.850. The van der Waals surface area contributed by atoms with E-state index in [-0.39, 0.29) is 0 Å². The standard InChI is InChI=1S/C7H14.C4H9N.C3H6.C2H7N.2C2H6/c1-6-3-4-7(2)5-6;1-4(2)5-3;2*1-3-2;2*1-2/h6-7H,3-5H2,1-2H3;1-3H3;3H,1H2,2H3;3H,1-2H3;2*1-2H3. The fourth-order valence-corrected chi connectivity index (χ4v) is 1.49. The quantitative estimate of drug-likeness (QED) is 0.394. The largest absolute Gasteiger partial charge is 0.323 e. The van der Waals surface area contributed by atoms with Gasteiger partial charge in [0, 0.05) is 12.8 Å². The van der Waals surface area contributed by atoms with E-state index in [0.717, 1.165) is 17.5 Å². The Bertz CT molecular complexity index is 174. The van der Waals surface area contributed by atoms with Crippen molar-refractivity contribution >= 4 is 5.71 Å². The van der Waals surface area contributed by atoms with Crippen LogP contribution in [0.5, 0.6) is 0 Å². The maximum absolute atomic E-state index is 3.81. The van der Waals surface area contributed by atoms with Gasteiger partial charge in [0.15, 0.2) is 0 Å². The van der Waals surface area contributed by atoms with Crippen molar-refractivity contribution in [2.24, 2.45) is 16.8 Å². The summed E-state index contributed by atoms with van der Waals surface area (Å²) in [5, 5.41) is 2.75. The van der Waals surface area contributed by atoms with Crippen molar-refractivity contribution in [3.05, 3.63) is 12.7 Å². The third kappa shape index (κ3) is 60.8. The van der Waals surface area contributed by atoms with E-state index in [2.05, 4.69) is 30.7 Å². The monoisotopic (exact) mass is 316 g/mol. The van der Waals surface area contributed by atoms with Crippen LogP contribution < -0.4 is 5.32 Å². The molecule has 0 heterocycles. The van der Waals surface area contributed by atoms with Crippen LogP contribution in [0.4, 0.5) is 0 Å². The second kappa shape index (κ2) is 37.0. The highest BCUT2D eigenvalue weighted by Gasteiger charge is 2.15. The second-order valence-electron chi connectivity index (χ2n) is 5.10. The molecule has 0 aromatic carbocycles. The van der Waals surface area contributed by atoms with Crippen molar-refractivity contribution in [1.29, 1.82) is 0 Å². The van der Waals surface area contributed by atoms with Crippen LogP contribution in [0.1, 0.15) is 81.6 Å². The minimum Gasteiger partial charge on any atom is -0.323 e. The summed E-state index contributed by atoms with van der Waals surface area (Å²) in [6.07, 6.45) is 6.17. The van der Waals surface area contributed by atoms with Crippen LogP contribution in [0.3, 0.4) is 0 Å². The first-order valence-electron chi connectivity index (χ1n) is 8.94. The maximum atomic E-state index is 3.81. The predicted molar refractivity (Wildman–Crippen MR) is 110 cm³/mol. The average molecular weight is 317 g/mol. The van der Waals surface area contributed by atoms with Crippen molar-refractivity contribution in [3.8, 4) is 0 Å². The molecule has 2 unspecified atom stereocenters. The maximum Gasteiger partial charge on any atom is 0.0276 e. The summed E-state index contributed by atoms with van der Waals surface area (Å²) >= 11 is 0. The molecular weight excluding hydrogens is 268 g/mol. The van der Waals surface area contributed by atoms with Gasteiger partial charge in [0.05, 0.1) is 0 Å². The Morgan fingerprint density at radius 3 is 1.23 bits per heavy atom. The van der Waals surface area contributed by atoms with Gasteiger partial charge >= 0.3 is 0 Å². The van der Waals surface area contributed by atoms with E-state index in [0.29, 0.717) is 0 Å². The van der Waals surface area contributed by atoms with Gasteiger partial charge in [-0.25, -0.2) is 0 Å². The smallest absolute Gasteiger partial charge is 0.0276 e. The number of aliphatic imine (C=N–C) groups is 1. The summed E-state index contributed by atoms with van der Waals surface area (Å²) in [5.41, 5.74) is 1.13. The zero-order chi connectivity index (χ0) is 19.0. The van der Waals surface area contributed by atoms with Crippen LogP contribution >= 0.6 is 0 Å². The lowest BCUT2D eigenvalue weighted by molar-refractivity contribution is 0.555. The Labute approximate surface area is 143 Å². The van der Waals surface area contributed by atoms with Crippen LogP contribution in [-0.2, 0) is 0 Å². The van der Waals surface area contributed by atoms with Gasteiger partial charge < -0.3 is 5.32 Å². The summed E-state index contributed by atoms with van der Waals surface area (Å²) in [6, 6.07) is 0. The van der Waals surface area contributed by atoms with Crippen LogP contribution in [-0.4, -0.2) is 26.9 Å². The van der Waals surface area contributed by atoms with E-state index in [1.165, 1.54) is 19.3 Å². The molecule has 2 atom stereocenters. The molecule has 0 aromatic rings. The van der Waals surface area contributed by atoms with Crippen molar-refractivity contribution in [2.75, 3.05) is 21.1 Å². The summed E-state index contributed by atoms with van der Waals surface area (Å²) in [6.45, 7) is 21.9. The molecule has 0 spiro atoms. The molecule has 0 radical (unpaired) electrons. The highest BCUT2D eigenvalue weighted by Crippen LogP contribution is 2.29. The third-order valence-corrected chi connectivity index (χ3v) is 2.40. The summed E-state index contributed by atoms with van der Waals surface area (Å²) in [5.74, 6) is 2.05. The SMILES string of the molecule is C=CC.CC.CC.CC1CCC(C)C1.CN=C(C)C.CNC. The lowest BCUT2D eigenvalue weighted by atomic mass is 10.1. The molecule has 2 heteroatoms. The van der Waals surface area contributed by atoms with Gasteiger partial charge in [-0.1, -0.05) is 60.5 Å². The second-order valence-corrected chi connectivity index (χ2v) is 5.10. The van der Waals surface area contributed by atoms with E-state index >= 15 is 0 Å². The third-order valence-electron chi connectivity index (χ3n) is 2.40. The molecule has 0 aliphatic heterocycles. The number of nitrogens with zero attached hydrogens (tertiary/aromatic N) is 1. The van der Waals surface area contributed by atoms with E-state index < -0.39 is 0 Å². The Morgan fingerprint density at radius 1 is 1.00 bits per heavy atom. The first-order valence-corrected chi connectivity index (χ1v) is 8.94. The van der Waals surface area contributed by atoms with Gasteiger partial charge in [0.25, 0.3) is 0 Å². The van der Waals surface area contributed by atoms with Crippen molar-refractivity contribution in [1.82, 2.24) is 5.32 Å². The zero-order valence-electron chi connectivity index (χ0n) is 18.0. The number of nitrogens with one attached hydrogen (secondary N) is 1. The van der Waals surface area contributed by atoms with Crippen LogP contribution in [0.2, 0.25) is 0 Å². The summed E-state index contributed by atoms with van der Waals surface area (Å²) < 4.78 is 0. The van der Waals surface area contributed by atoms with Gasteiger partial charge in [0.2, 0.25) is 0 Å². The lowest BCUT2D eigenvalue weighted by Gasteiger charge is -1.96. The predicted octanol–water partition coefficient (Wildman–Crippen LogP) is 6.62. The van der Waals surface area contributed by atoms with Crippen LogP contribution in [0.15, 0.2) is 17.6 Å². The molecular formula is C20H48N2. The normalized spacial score (nSPS) is 16.9. The lowest BCUT2D eigenvalue weighted by Crippen LogP contribution is -1.89. The Morgan fingerprint density at radius 2 is 1.18 bits per heavy atom. The van der Waals surface area contributed by atoms with Crippen molar-refractivity contribution in [2.45, 2.75) is 81.6 Å². The van der Waals surface area contributed by atoms with Gasteiger partial charge in [-0.3, -0.25) is 4.99 Å². The molecule has 1 saturated carbocycles. The fourth-order valence-electron chi connectivity index (χ4n) is 1.49. The molecule has 22 heavy (non-hydrogen) atoms. The summed E-state index contributed by atoms with van der Waals surface area (Å²) in [4.78, 5) is 3.81. The first-order chi connectivity index (χ1) is 10.4. The van der Waals surface area contributed by atoms with Gasteiger partial charge in [-0.15, -0.1) is 6.58 Å². The van der Waals surface area contributed by atoms with Crippen LogP contribution in [0, 0.1) is 11.8 Å². The molecule has 1 rings (SSSR count). The molecule has 0 aromatic heterocycles. The molecule has 2 nitrogen and oxygen atoms in total. The topological polar surface area (TPSA) is 24.4 Å². The molecule has 1 aliphatic rings. The Hall–Kier alpha value is -0.630. The van der Waals surface area contributed by atoms with Gasteiger partial charge in [-0.2, -0.15) is 0 Å². The molecule has 0 amide bonds. The molecule has 1 fully saturated rings. The van der Waals surface area contributed by atoms with E-state index in [1.54, 1.807) is 13.1 Å². The van der Waals surface area contributed by atoms with Crippen molar-refractivity contribution in [3.63, 3.8) is 0 Å². The molecule has 138 valence electrons. The number of allylic oxidation sites excluding steroid dienone is 1. The number of hydrogen-bond donors (Lipinski definition) is 1. The van der Waals surface area contributed by atoms with E-state index in [4.69, 9.17) is 0 Å². The summed E-state index contributed by atoms with van der Waals surface area (Å²) in [7, 11) is 5.54. The Kier molecular flexibility index (Phi) is 55.7. The van der Waals surface area contributed by atoms with E-state index in [1.807, 2.05) is 62.6 Å². The highest BCUT2D eigenvalue weighted by molar-refractivity contribution is 5.78. The molecule has 0 saturated heterocycles. The van der Waals surface area contributed by atoms with Crippen LogP contribution in [0.25, 0.3) is 0 Å². The number of rotatable bonds is 0. The van der Waals surface area contributed by atoms with E-state index in [9.17, 15) is 0 Å². The van der Waals surface area contributed by atoms with Gasteiger partial charge in [0.1, 0.15) is 0 Å². The minimum atomic E-state index is 1.02. The number of hydrogen-bond acceptors (Lipinski definition) is 2. The molecule has 1 aliphatic carbocycles. The highest BCUT2D eigenvalue weighted by atomic mass is 14.7. The van der Waals surface area contributed by atoms with Gasteiger partial charge in [-0.05, 0) is 53.1 Å². The minimum absolute atomic E-state index is 1.02. The Balaban J connectivity index is -0.0000000574.